The Hall–Kier alpha value is -2.56. The van der Waals surface area contributed by atoms with Crippen molar-refractivity contribution in [3.8, 4) is 5.75 Å². The van der Waals surface area contributed by atoms with Crippen LogP contribution in [0.1, 0.15) is 23.3 Å². The maximum atomic E-state index is 12.2. The summed E-state index contributed by atoms with van der Waals surface area (Å²) in [6.07, 6.45) is 3.86. The van der Waals surface area contributed by atoms with Crippen molar-refractivity contribution in [2.75, 3.05) is 25.5 Å². The third-order valence-electron chi connectivity index (χ3n) is 3.75. The van der Waals surface area contributed by atoms with Gasteiger partial charge in [-0.05, 0) is 49.2 Å². The first-order chi connectivity index (χ1) is 10.8. The molecule has 1 aromatic carbocycles. The second kappa shape index (κ2) is 6.47. The molecule has 2 heterocycles. The van der Waals surface area contributed by atoms with Gasteiger partial charge in [-0.2, -0.15) is 0 Å². The molecule has 1 aliphatic rings. The van der Waals surface area contributed by atoms with Crippen LogP contribution in [0, 0.1) is 0 Å². The number of carbonyl (C=O) groups excluding carboxylic acids is 1. The highest BCUT2D eigenvalue weighted by atomic mass is 16.5. The summed E-state index contributed by atoms with van der Waals surface area (Å²) in [5, 5.41) is 3.25. The number of benzene rings is 1. The second-order valence-electron chi connectivity index (χ2n) is 5.28. The van der Waals surface area contributed by atoms with E-state index in [9.17, 15) is 4.79 Å². The summed E-state index contributed by atoms with van der Waals surface area (Å²) in [5.41, 5.74) is 2.30. The van der Waals surface area contributed by atoms with Crippen LogP contribution < -0.4 is 10.1 Å². The molecule has 1 N–H and O–H groups in total. The van der Waals surface area contributed by atoms with Crippen LogP contribution in [0.5, 0.6) is 5.75 Å². The molecule has 0 unspecified atom stereocenters. The molecule has 5 heteroatoms. The zero-order valence-corrected chi connectivity index (χ0v) is 12.6. The van der Waals surface area contributed by atoms with Gasteiger partial charge in [0.15, 0.2) is 0 Å². The summed E-state index contributed by atoms with van der Waals surface area (Å²) < 4.78 is 5.13. The van der Waals surface area contributed by atoms with E-state index in [-0.39, 0.29) is 5.91 Å². The lowest BCUT2D eigenvalue weighted by Gasteiger charge is -2.14. The Morgan fingerprint density at radius 1 is 1.09 bits per heavy atom. The average molecular weight is 297 g/mol. The Labute approximate surface area is 129 Å². The summed E-state index contributed by atoms with van der Waals surface area (Å²) in [6.45, 7) is 1.68. The van der Waals surface area contributed by atoms with Crippen LogP contribution in [0.4, 0.5) is 11.4 Å². The number of hydrogen-bond acceptors (Lipinski definition) is 4. The minimum atomic E-state index is 0.0218. The van der Waals surface area contributed by atoms with Crippen LogP contribution >= 0.6 is 0 Å². The van der Waals surface area contributed by atoms with Gasteiger partial charge in [-0.1, -0.05) is 0 Å². The zero-order chi connectivity index (χ0) is 15.4. The molecule has 2 aromatic rings. The van der Waals surface area contributed by atoms with E-state index >= 15 is 0 Å². The summed E-state index contributed by atoms with van der Waals surface area (Å²) in [7, 11) is 1.64. The molecule has 5 nitrogen and oxygen atoms in total. The molecule has 1 saturated heterocycles. The van der Waals surface area contributed by atoms with Crippen LogP contribution in [-0.2, 0) is 0 Å². The number of anilines is 2. The molecule has 0 atom stereocenters. The number of pyridine rings is 1. The van der Waals surface area contributed by atoms with Gasteiger partial charge in [0.2, 0.25) is 0 Å². The number of nitrogens with one attached hydrogen (secondary N) is 1. The van der Waals surface area contributed by atoms with E-state index in [1.54, 1.807) is 19.4 Å². The van der Waals surface area contributed by atoms with Gasteiger partial charge in [-0.3, -0.25) is 4.79 Å². The highest BCUT2D eigenvalue weighted by Crippen LogP contribution is 2.20. The smallest absolute Gasteiger partial charge is 0.272 e. The highest BCUT2D eigenvalue weighted by molar-refractivity contribution is 5.92. The van der Waals surface area contributed by atoms with E-state index in [1.807, 2.05) is 35.2 Å². The number of hydrogen-bond donors (Lipinski definition) is 1. The van der Waals surface area contributed by atoms with Crippen LogP contribution in [0.2, 0.25) is 0 Å². The van der Waals surface area contributed by atoms with Crippen LogP contribution in [0.3, 0.4) is 0 Å². The minimum absolute atomic E-state index is 0.0218. The average Bonchev–Trinajstić information content (AvgIpc) is 3.10. The monoisotopic (exact) mass is 297 g/mol. The van der Waals surface area contributed by atoms with Gasteiger partial charge in [-0.15, -0.1) is 0 Å². The lowest BCUT2D eigenvalue weighted by Crippen LogP contribution is -2.28. The fourth-order valence-corrected chi connectivity index (χ4v) is 2.52. The molecule has 0 radical (unpaired) electrons. The maximum absolute atomic E-state index is 12.2. The number of rotatable bonds is 4. The van der Waals surface area contributed by atoms with Gasteiger partial charge in [0.05, 0.1) is 19.0 Å². The Bertz CT molecular complexity index is 632. The van der Waals surface area contributed by atoms with Crippen LogP contribution in [0.25, 0.3) is 0 Å². The largest absolute Gasteiger partial charge is 0.497 e. The quantitative estimate of drug-likeness (QED) is 0.942. The molecule has 0 spiro atoms. The van der Waals surface area contributed by atoms with Gasteiger partial charge in [0.25, 0.3) is 5.91 Å². The van der Waals surface area contributed by atoms with E-state index < -0.39 is 0 Å². The molecule has 0 bridgehead atoms. The molecule has 0 saturated carbocycles. The van der Waals surface area contributed by atoms with Crippen molar-refractivity contribution in [3.63, 3.8) is 0 Å². The lowest BCUT2D eigenvalue weighted by atomic mass is 10.2. The normalized spacial score (nSPS) is 14.0. The summed E-state index contributed by atoms with van der Waals surface area (Å²) >= 11 is 0. The fraction of sp³-hybridized carbons (Fsp3) is 0.294. The van der Waals surface area contributed by atoms with E-state index in [4.69, 9.17) is 4.74 Å². The van der Waals surface area contributed by atoms with Crippen molar-refractivity contribution >= 4 is 17.3 Å². The van der Waals surface area contributed by atoms with Gasteiger partial charge in [0.1, 0.15) is 11.4 Å². The number of ether oxygens (including phenoxy) is 1. The van der Waals surface area contributed by atoms with Crippen molar-refractivity contribution in [2.24, 2.45) is 0 Å². The fourth-order valence-electron chi connectivity index (χ4n) is 2.52. The van der Waals surface area contributed by atoms with Crippen molar-refractivity contribution in [1.29, 1.82) is 0 Å². The maximum Gasteiger partial charge on any atom is 0.272 e. The molecule has 1 fully saturated rings. The minimum Gasteiger partial charge on any atom is -0.497 e. The SMILES string of the molecule is COc1ccc(Nc2ccc(C(=O)N3CCCC3)nc2)cc1. The van der Waals surface area contributed by atoms with Crippen molar-refractivity contribution in [2.45, 2.75) is 12.8 Å². The lowest BCUT2D eigenvalue weighted by molar-refractivity contribution is 0.0787. The Morgan fingerprint density at radius 3 is 2.36 bits per heavy atom. The second-order valence-corrected chi connectivity index (χ2v) is 5.28. The van der Waals surface area contributed by atoms with Gasteiger partial charge < -0.3 is 15.0 Å². The molecular weight excluding hydrogens is 278 g/mol. The molecule has 114 valence electrons. The Morgan fingerprint density at radius 2 is 1.77 bits per heavy atom. The molecule has 1 amide bonds. The molecule has 1 aliphatic heterocycles. The molecular formula is C17H19N3O2. The van der Waals surface area contributed by atoms with Gasteiger partial charge in [0, 0.05) is 18.8 Å². The molecule has 22 heavy (non-hydrogen) atoms. The molecule has 3 rings (SSSR count). The number of methoxy groups -OCH3 is 1. The van der Waals surface area contributed by atoms with Crippen molar-refractivity contribution in [3.05, 3.63) is 48.3 Å². The van der Waals surface area contributed by atoms with E-state index in [0.29, 0.717) is 5.69 Å². The zero-order valence-electron chi connectivity index (χ0n) is 12.6. The first-order valence-electron chi connectivity index (χ1n) is 7.43. The summed E-state index contributed by atoms with van der Waals surface area (Å²) in [5.74, 6) is 0.837. The van der Waals surface area contributed by atoms with E-state index in [0.717, 1.165) is 43.1 Å². The van der Waals surface area contributed by atoms with Crippen LogP contribution in [-0.4, -0.2) is 36.0 Å². The predicted molar refractivity (Wildman–Crippen MR) is 85.7 cm³/mol. The standard InChI is InChI=1S/C17H19N3O2/c1-22-15-7-4-13(5-8-15)19-14-6-9-16(18-12-14)17(21)20-10-2-3-11-20/h4-9,12,19H,2-3,10-11H2,1H3. The number of amides is 1. The third-order valence-corrected chi connectivity index (χ3v) is 3.75. The summed E-state index contributed by atoms with van der Waals surface area (Å²) in [4.78, 5) is 18.4. The molecule has 0 aliphatic carbocycles. The topological polar surface area (TPSA) is 54.5 Å². The highest BCUT2D eigenvalue weighted by Gasteiger charge is 2.20. The number of nitrogens with zero attached hydrogens (tertiary/aromatic N) is 2. The van der Waals surface area contributed by atoms with Gasteiger partial charge in [-0.25, -0.2) is 4.98 Å². The van der Waals surface area contributed by atoms with Crippen LogP contribution in [0.15, 0.2) is 42.6 Å². The Kier molecular flexibility index (Phi) is 4.23. The Balaban J connectivity index is 1.66. The van der Waals surface area contributed by atoms with Crippen molar-refractivity contribution < 1.29 is 9.53 Å². The number of likely N-dealkylation sites (tertiary alicyclic amines) is 1. The van der Waals surface area contributed by atoms with E-state index in [2.05, 4.69) is 10.3 Å². The number of aromatic nitrogens is 1. The third kappa shape index (κ3) is 3.19. The van der Waals surface area contributed by atoms with Crippen molar-refractivity contribution in [1.82, 2.24) is 9.88 Å². The predicted octanol–water partition coefficient (Wildman–Crippen LogP) is 3.07. The number of carbonyl (C=O) groups is 1. The van der Waals surface area contributed by atoms with Gasteiger partial charge >= 0.3 is 0 Å². The first-order valence-corrected chi connectivity index (χ1v) is 7.43. The first kappa shape index (κ1) is 14.4. The van der Waals surface area contributed by atoms with E-state index in [1.165, 1.54) is 0 Å². The molecule has 1 aromatic heterocycles. The summed E-state index contributed by atoms with van der Waals surface area (Å²) in [6, 6.07) is 11.3.